The molecular formula is C64H104NO8+. The SMILES string of the molecule is CC/C=C\C/C=C\C/C=C\C/C=C\C/C=C\C/C=C\CCCCCCCCCCCCCCCCC(=O)OC(COC(=O)C/C=C\C/C=C\C/C=C\C/C=C\C/C=C\CC)COC(OCC[N+](C)(C)C)C(=O)O. The molecule has 0 aromatic carbocycles. The molecule has 0 fully saturated rings. The number of carboxylic acids is 1. The number of quaternary nitrogens is 1. The third-order valence-electron chi connectivity index (χ3n) is 11.4. The summed E-state index contributed by atoms with van der Waals surface area (Å²) in [7, 11) is 5.93. The average Bonchev–Trinajstić information content (AvgIpc) is 3.36. The molecule has 0 radical (unpaired) electrons. The maximum absolute atomic E-state index is 12.9. The van der Waals surface area contributed by atoms with Gasteiger partial charge < -0.3 is 28.5 Å². The fraction of sp³-hybridized carbons (Fsp3) is 0.609. The van der Waals surface area contributed by atoms with Crippen LogP contribution in [-0.4, -0.2) is 87.4 Å². The van der Waals surface area contributed by atoms with Gasteiger partial charge in [-0.25, -0.2) is 4.79 Å². The third kappa shape index (κ3) is 55.0. The van der Waals surface area contributed by atoms with Gasteiger partial charge in [-0.2, -0.15) is 0 Å². The van der Waals surface area contributed by atoms with Crippen LogP contribution in [0.1, 0.15) is 194 Å². The average molecular weight is 1020 g/mol. The van der Waals surface area contributed by atoms with Gasteiger partial charge in [-0.15, -0.1) is 0 Å². The molecule has 9 nitrogen and oxygen atoms in total. The first-order valence-corrected chi connectivity index (χ1v) is 28.3. The second-order valence-electron chi connectivity index (χ2n) is 19.5. The Kier molecular flexibility index (Phi) is 50.4. The van der Waals surface area contributed by atoms with Gasteiger partial charge in [-0.3, -0.25) is 9.59 Å². The van der Waals surface area contributed by atoms with Crippen molar-refractivity contribution in [3.63, 3.8) is 0 Å². The summed E-state index contributed by atoms with van der Waals surface area (Å²) in [6.45, 7) is 4.51. The molecule has 2 atom stereocenters. The summed E-state index contributed by atoms with van der Waals surface area (Å²) in [5.41, 5.74) is 0. The van der Waals surface area contributed by atoms with E-state index in [0.717, 1.165) is 83.5 Å². The van der Waals surface area contributed by atoms with Crippen molar-refractivity contribution in [1.29, 1.82) is 0 Å². The first kappa shape index (κ1) is 68.4. The van der Waals surface area contributed by atoms with Crippen LogP contribution in [0, 0.1) is 0 Å². The van der Waals surface area contributed by atoms with E-state index in [-0.39, 0.29) is 32.7 Å². The van der Waals surface area contributed by atoms with Crippen LogP contribution in [0.5, 0.6) is 0 Å². The first-order valence-electron chi connectivity index (χ1n) is 28.3. The van der Waals surface area contributed by atoms with Crippen LogP contribution in [-0.2, 0) is 33.3 Å². The Balaban J connectivity index is 4.24. The molecule has 1 N–H and O–H groups in total. The number of esters is 2. The van der Waals surface area contributed by atoms with Gasteiger partial charge >= 0.3 is 17.9 Å². The van der Waals surface area contributed by atoms with Crippen molar-refractivity contribution in [3.8, 4) is 0 Å². The number of rotatable bonds is 50. The number of hydrogen-bond donors (Lipinski definition) is 1. The fourth-order valence-electron chi connectivity index (χ4n) is 7.15. The lowest BCUT2D eigenvalue weighted by atomic mass is 10.0. The summed E-state index contributed by atoms with van der Waals surface area (Å²) in [5, 5.41) is 9.68. The van der Waals surface area contributed by atoms with Crippen LogP contribution >= 0.6 is 0 Å². The zero-order valence-electron chi connectivity index (χ0n) is 46.7. The first-order chi connectivity index (χ1) is 35.6. The van der Waals surface area contributed by atoms with E-state index in [1.165, 1.54) is 70.6 Å². The van der Waals surface area contributed by atoms with Gasteiger partial charge in [0.1, 0.15) is 13.2 Å². The molecule has 0 bridgehead atoms. The fourth-order valence-corrected chi connectivity index (χ4v) is 7.15. The van der Waals surface area contributed by atoms with Crippen LogP contribution in [0.2, 0.25) is 0 Å². The zero-order valence-corrected chi connectivity index (χ0v) is 46.7. The van der Waals surface area contributed by atoms with Gasteiger partial charge in [0.2, 0.25) is 0 Å². The summed E-state index contributed by atoms with van der Waals surface area (Å²) in [6, 6.07) is 0. The molecule has 2 unspecified atom stereocenters. The molecule has 0 rings (SSSR count). The number of carboxylic acid groups (broad SMARTS) is 1. The largest absolute Gasteiger partial charge is 0.477 e. The van der Waals surface area contributed by atoms with E-state index in [9.17, 15) is 19.5 Å². The molecule has 0 aromatic heterocycles. The van der Waals surface area contributed by atoms with Crippen LogP contribution in [0.3, 0.4) is 0 Å². The van der Waals surface area contributed by atoms with Gasteiger partial charge in [-0.1, -0.05) is 225 Å². The molecule has 0 aliphatic heterocycles. The number of aliphatic carboxylic acids is 1. The molecule has 0 aliphatic rings. The number of ether oxygens (including phenoxy) is 4. The molecular weight excluding hydrogens is 911 g/mol. The van der Waals surface area contributed by atoms with Crippen molar-refractivity contribution in [2.75, 3.05) is 47.5 Å². The summed E-state index contributed by atoms with van der Waals surface area (Å²) in [5.74, 6) is -2.18. The second kappa shape index (κ2) is 53.7. The van der Waals surface area contributed by atoms with Gasteiger partial charge in [0.15, 0.2) is 6.10 Å². The quantitative estimate of drug-likeness (QED) is 0.0211. The molecule has 0 heterocycles. The molecule has 0 aliphatic carbocycles. The van der Waals surface area contributed by atoms with Crippen LogP contribution in [0.25, 0.3) is 0 Å². The van der Waals surface area contributed by atoms with Crippen LogP contribution < -0.4 is 0 Å². The zero-order chi connectivity index (χ0) is 53.4. The van der Waals surface area contributed by atoms with E-state index >= 15 is 0 Å². The Hall–Kier alpha value is -4.57. The number of carbonyl (C=O) groups excluding carboxylic acids is 2. The Labute approximate surface area is 446 Å². The van der Waals surface area contributed by atoms with Crippen LogP contribution in [0.15, 0.2) is 134 Å². The monoisotopic (exact) mass is 1010 g/mol. The lowest BCUT2D eigenvalue weighted by Crippen LogP contribution is -2.40. The maximum Gasteiger partial charge on any atom is 0.361 e. The Bertz CT molecular complexity index is 1650. The Morgan fingerprint density at radius 1 is 0.425 bits per heavy atom. The minimum absolute atomic E-state index is 0.0638. The highest BCUT2D eigenvalue weighted by Crippen LogP contribution is 2.15. The van der Waals surface area contributed by atoms with Crippen molar-refractivity contribution in [2.45, 2.75) is 206 Å². The molecule has 412 valence electrons. The molecule has 0 aromatic rings. The third-order valence-corrected chi connectivity index (χ3v) is 11.4. The normalized spacial score (nSPS) is 13.8. The highest BCUT2D eigenvalue weighted by atomic mass is 16.7. The lowest BCUT2D eigenvalue weighted by molar-refractivity contribution is -0.870. The predicted octanol–water partition coefficient (Wildman–Crippen LogP) is 16.7. The van der Waals surface area contributed by atoms with E-state index < -0.39 is 30.3 Å². The van der Waals surface area contributed by atoms with Crippen molar-refractivity contribution in [1.82, 2.24) is 0 Å². The molecule has 9 heteroatoms. The van der Waals surface area contributed by atoms with Crippen molar-refractivity contribution >= 4 is 17.9 Å². The number of hydrogen-bond acceptors (Lipinski definition) is 7. The minimum atomic E-state index is -1.54. The number of likely N-dealkylation sites (N-methyl/N-ethyl adjacent to an activating group) is 1. The highest BCUT2D eigenvalue weighted by molar-refractivity contribution is 5.72. The van der Waals surface area contributed by atoms with E-state index in [0.29, 0.717) is 23.9 Å². The maximum atomic E-state index is 12.9. The smallest absolute Gasteiger partial charge is 0.361 e. The topological polar surface area (TPSA) is 108 Å². The van der Waals surface area contributed by atoms with E-state index in [4.69, 9.17) is 18.9 Å². The van der Waals surface area contributed by atoms with Gasteiger partial charge in [0, 0.05) is 6.42 Å². The van der Waals surface area contributed by atoms with Crippen molar-refractivity contribution in [3.05, 3.63) is 134 Å². The summed E-state index contributed by atoms with van der Waals surface area (Å²) in [4.78, 5) is 37.3. The molecule has 73 heavy (non-hydrogen) atoms. The summed E-state index contributed by atoms with van der Waals surface area (Å²) in [6.07, 6.45) is 74.3. The highest BCUT2D eigenvalue weighted by Gasteiger charge is 2.25. The van der Waals surface area contributed by atoms with Gasteiger partial charge in [-0.05, 0) is 89.9 Å². The predicted molar refractivity (Wildman–Crippen MR) is 308 cm³/mol. The molecule has 0 saturated carbocycles. The van der Waals surface area contributed by atoms with E-state index in [1.54, 1.807) is 6.08 Å². The van der Waals surface area contributed by atoms with Gasteiger partial charge in [0.25, 0.3) is 6.29 Å². The molecule has 0 spiro atoms. The van der Waals surface area contributed by atoms with Crippen LogP contribution in [0.4, 0.5) is 0 Å². The lowest BCUT2D eigenvalue weighted by Gasteiger charge is -2.25. The Morgan fingerprint density at radius 2 is 0.781 bits per heavy atom. The summed E-state index contributed by atoms with van der Waals surface area (Å²) >= 11 is 0. The standard InChI is InChI=1S/C64H103NO8/c1-6-8-10-12-14-16-18-20-22-23-24-25-26-27-28-29-30-31-32-33-34-35-36-37-38-39-41-43-45-47-49-51-53-55-62(67)73-60(59-72-64(63(68)69)70-57-56-65(3,4)5)58-71-61(66)54-52-50-48-46-44-42-40-21-19-17-15-13-11-9-7-2/h8-11,14-17,20-22,24-25,27-28,30-31,40,44,46,50,52,60,64H,6-7,12-13,18-19,23,26,29,32-39,41-43,45,47-49,51,53-59H2,1-5H3/p+1/b10-8-,11-9-,16-14-,17-15-,22-20-,25-24-,28-27-,31-30-,40-21-,46-44-,52-50-. The van der Waals surface area contributed by atoms with E-state index in [2.05, 4.69) is 129 Å². The second-order valence-corrected chi connectivity index (χ2v) is 19.5. The number of nitrogens with zero attached hydrogens (tertiary/aromatic N) is 1. The Morgan fingerprint density at radius 3 is 1.16 bits per heavy atom. The summed E-state index contributed by atoms with van der Waals surface area (Å²) < 4.78 is 22.7. The molecule has 0 amide bonds. The minimum Gasteiger partial charge on any atom is -0.477 e. The van der Waals surface area contributed by atoms with Gasteiger partial charge in [0.05, 0.1) is 40.8 Å². The van der Waals surface area contributed by atoms with Crippen molar-refractivity contribution in [2.24, 2.45) is 0 Å². The number of unbranched alkanes of at least 4 members (excludes halogenated alkanes) is 14. The van der Waals surface area contributed by atoms with E-state index in [1.807, 2.05) is 33.3 Å². The number of allylic oxidation sites excluding steroid dienone is 21. The van der Waals surface area contributed by atoms with Crippen molar-refractivity contribution < 1.29 is 42.9 Å². The molecule has 0 saturated heterocycles. The number of carbonyl (C=O) groups is 3.